The van der Waals surface area contributed by atoms with Crippen LogP contribution in [0.5, 0.6) is 11.6 Å². The normalized spacial score (nSPS) is 10.8. The second-order valence-electron chi connectivity index (χ2n) is 6.21. The highest BCUT2D eigenvalue weighted by Gasteiger charge is 2.24. The lowest BCUT2D eigenvalue weighted by atomic mass is 10.1. The van der Waals surface area contributed by atoms with Crippen LogP contribution in [-0.2, 0) is 4.74 Å². The van der Waals surface area contributed by atoms with Crippen molar-refractivity contribution in [3.63, 3.8) is 0 Å². The number of rotatable bonds is 5. The minimum atomic E-state index is -0.550. The van der Waals surface area contributed by atoms with E-state index < -0.39 is 5.97 Å². The highest BCUT2D eigenvalue weighted by molar-refractivity contribution is 7.98. The number of hydrogen-bond acceptors (Lipinski definition) is 8. The summed E-state index contributed by atoms with van der Waals surface area (Å²) in [4.78, 5) is 20.8. The lowest BCUT2D eigenvalue weighted by molar-refractivity contribution is 0.0598. The predicted molar refractivity (Wildman–Crippen MR) is 107 cm³/mol. The van der Waals surface area contributed by atoms with E-state index in [-0.39, 0.29) is 11.4 Å². The smallest absolute Gasteiger partial charge is 0.344 e. The molecular formula is C19H21N5O3S. The molecule has 2 N–H and O–H groups in total. The van der Waals surface area contributed by atoms with Gasteiger partial charge in [-0.25, -0.2) is 9.78 Å². The van der Waals surface area contributed by atoms with Gasteiger partial charge in [0, 0.05) is 6.07 Å². The molecule has 146 valence electrons. The number of aromatic nitrogens is 4. The summed E-state index contributed by atoms with van der Waals surface area (Å²) < 4.78 is 12.1. The number of benzene rings is 1. The molecule has 9 heteroatoms. The number of carbonyl (C=O) groups is 1. The molecule has 3 aromatic rings. The molecule has 0 aliphatic heterocycles. The molecule has 0 amide bonds. The van der Waals surface area contributed by atoms with Crippen LogP contribution in [-0.4, -0.2) is 39.1 Å². The summed E-state index contributed by atoms with van der Waals surface area (Å²) in [6.45, 7) is 5.74. The van der Waals surface area contributed by atoms with Crippen LogP contribution in [0.1, 0.15) is 27.3 Å². The summed E-state index contributed by atoms with van der Waals surface area (Å²) in [5, 5.41) is 4.85. The Bertz CT molecular complexity index is 1030. The van der Waals surface area contributed by atoms with Crippen LogP contribution in [0.4, 0.5) is 5.82 Å². The number of esters is 1. The number of nitrogens with zero attached hydrogens (tertiary/aromatic N) is 4. The number of nitrogen functional groups attached to an aromatic ring is 1. The summed E-state index contributed by atoms with van der Waals surface area (Å²) in [6, 6.07) is 7.53. The molecule has 0 unspecified atom stereocenters. The van der Waals surface area contributed by atoms with Crippen molar-refractivity contribution in [1.29, 1.82) is 0 Å². The monoisotopic (exact) mass is 399 g/mol. The molecule has 8 nitrogen and oxygen atoms in total. The Balaban J connectivity index is 2.04. The van der Waals surface area contributed by atoms with Gasteiger partial charge in [-0.05, 0) is 50.3 Å². The van der Waals surface area contributed by atoms with Gasteiger partial charge in [0.1, 0.15) is 28.0 Å². The van der Waals surface area contributed by atoms with Crippen molar-refractivity contribution in [1.82, 2.24) is 19.7 Å². The van der Waals surface area contributed by atoms with Gasteiger partial charge in [-0.1, -0.05) is 6.07 Å². The zero-order valence-corrected chi connectivity index (χ0v) is 17.1. The number of methoxy groups -OCH3 is 1. The molecule has 0 fully saturated rings. The number of hydrogen-bond donors (Lipinski definition) is 1. The summed E-state index contributed by atoms with van der Waals surface area (Å²) >= 11 is 1.30. The number of nitrogens with two attached hydrogens (primary N) is 1. The van der Waals surface area contributed by atoms with Gasteiger partial charge in [0.15, 0.2) is 5.82 Å². The van der Waals surface area contributed by atoms with Crippen LogP contribution in [0.15, 0.2) is 29.3 Å². The predicted octanol–water partition coefficient (Wildman–Crippen LogP) is 3.47. The minimum Gasteiger partial charge on any atom is -0.465 e. The standard InChI is InChI=1S/C19H21N5O3S/c1-10-6-11(2)8-13(7-10)27-15-9-14(21-12(3)22-15)24-17(20)16(19(25)26-4)18(23-24)28-5/h6-9H,20H2,1-5H3. The Morgan fingerprint density at radius 3 is 2.39 bits per heavy atom. The Kier molecular flexibility index (Phi) is 5.55. The summed E-state index contributed by atoms with van der Waals surface area (Å²) in [7, 11) is 1.30. The van der Waals surface area contributed by atoms with Gasteiger partial charge in [0.05, 0.1) is 7.11 Å². The van der Waals surface area contributed by atoms with Crippen LogP contribution in [0.3, 0.4) is 0 Å². The van der Waals surface area contributed by atoms with E-state index in [0.29, 0.717) is 28.3 Å². The van der Waals surface area contributed by atoms with Crippen molar-refractivity contribution < 1.29 is 14.3 Å². The first kappa shape index (κ1) is 19.7. The quantitative estimate of drug-likeness (QED) is 0.514. The molecule has 1 aromatic carbocycles. The van der Waals surface area contributed by atoms with Gasteiger partial charge in [-0.15, -0.1) is 11.8 Å². The highest BCUT2D eigenvalue weighted by atomic mass is 32.2. The summed E-state index contributed by atoms with van der Waals surface area (Å²) in [5.74, 6) is 1.51. The van der Waals surface area contributed by atoms with E-state index in [2.05, 4.69) is 21.1 Å². The molecule has 28 heavy (non-hydrogen) atoms. The number of aryl methyl sites for hydroxylation is 3. The second kappa shape index (κ2) is 7.89. The first-order chi connectivity index (χ1) is 13.3. The zero-order valence-electron chi connectivity index (χ0n) is 16.3. The van der Waals surface area contributed by atoms with Crippen molar-refractivity contribution in [2.24, 2.45) is 0 Å². The molecule has 0 saturated carbocycles. The Morgan fingerprint density at radius 2 is 1.79 bits per heavy atom. The SMILES string of the molecule is COC(=O)c1c(SC)nn(-c2cc(Oc3cc(C)cc(C)c3)nc(C)n2)c1N. The fourth-order valence-electron chi connectivity index (χ4n) is 2.82. The van der Waals surface area contributed by atoms with Crippen LogP contribution < -0.4 is 10.5 Å². The molecule has 0 bridgehead atoms. The molecule has 2 aromatic heterocycles. The van der Waals surface area contributed by atoms with E-state index in [4.69, 9.17) is 15.2 Å². The number of thioether (sulfide) groups is 1. The van der Waals surface area contributed by atoms with Crippen LogP contribution in [0.25, 0.3) is 5.82 Å². The maximum atomic E-state index is 12.1. The van der Waals surface area contributed by atoms with Gasteiger partial charge in [0.2, 0.25) is 5.88 Å². The van der Waals surface area contributed by atoms with Crippen molar-refractivity contribution in [3.05, 3.63) is 46.8 Å². The Labute approximate surface area is 167 Å². The van der Waals surface area contributed by atoms with Crippen molar-refractivity contribution in [3.8, 4) is 17.4 Å². The van der Waals surface area contributed by atoms with Gasteiger partial charge in [-0.2, -0.15) is 14.8 Å². The van der Waals surface area contributed by atoms with E-state index in [9.17, 15) is 4.79 Å². The Hall–Kier alpha value is -3.07. The van der Waals surface area contributed by atoms with Crippen LogP contribution >= 0.6 is 11.8 Å². The van der Waals surface area contributed by atoms with Crippen LogP contribution in [0.2, 0.25) is 0 Å². The fourth-order valence-corrected chi connectivity index (χ4v) is 3.38. The molecular weight excluding hydrogens is 378 g/mol. The maximum Gasteiger partial charge on any atom is 0.344 e. The molecule has 0 radical (unpaired) electrons. The molecule has 2 heterocycles. The number of ether oxygens (including phenoxy) is 2. The molecule has 0 spiro atoms. The van der Waals surface area contributed by atoms with Gasteiger partial charge in [-0.3, -0.25) is 0 Å². The molecule has 0 atom stereocenters. The number of anilines is 1. The fraction of sp³-hybridized carbons (Fsp3) is 0.263. The molecule has 0 aliphatic carbocycles. The second-order valence-corrected chi connectivity index (χ2v) is 7.00. The van der Waals surface area contributed by atoms with E-state index in [1.165, 1.54) is 23.6 Å². The van der Waals surface area contributed by atoms with Crippen molar-refractivity contribution >= 4 is 23.5 Å². The van der Waals surface area contributed by atoms with E-state index >= 15 is 0 Å². The van der Waals surface area contributed by atoms with Crippen molar-refractivity contribution in [2.45, 2.75) is 25.8 Å². The minimum absolute atomic E-state index is 0.145. The topological polar surface area (TPSA) is 105 Å². The highest BCUT2D eigenvalue weighted by Crippen LogP contribution is 2.29. The first-order valence-corrected chi connectivity index (χ1v) is 9.68. The molecule has 0 saturated heterocycles. The first-order valence-electron chi connectivity index (χ1n) is 8.45. The Morgan fingerprint density at radius 1 is 1.11 bits per heavy atom. The average Bonchev–Trinajstić information content (AvgIpc) is 2.96. The van der Waals surface area contributed by atoms with E-state index in [0.717, 1.165) is 11.1 Å². The van der Waals surface area contributed by atoms with E-state index in [1.54, 1.807) is 19.2 Å². The lowest BCUT2D eigenvalue weighted by Gasteiger charge is -2.10. The maximum absolute atomic E-state index is 12.1. The number of carbonyl (C=O) groups excluding carboxylic acids is 1. The van der Waals surface area contributed by atoms with Crippen LogP contribution in [0, 0.1) is 20.8 Å². The third-order valence-corrected chi connectivity index (χ3v) is 4.58. The summed E-state index contributed by atoms with van der Waals surface area (Å²) in [6.07, 6.45) is 1.80. The average molecular weight is 399 g/mol. The van der Waals surface area contributed by atoms with Gasteiger partial charge >= 0.3 is 5.97 Å². The lowest BCUT2D eigenvalue weighted by Crippen LogP contribution is -2.09. The molecule has 0 aliphatic rings. The third kappa shape index (κ3) is 3.94. The summed E-state index contributed by atoms with van der Waals surface area (Å²) in [5.41, 5.74) is 8.55. The largest absolute Gasteiger partial charge is 0.465 e. The molecule has 3 rings (SSSR count). The van der Waals surface area contributed by atoms with E-state index in [1.807, 2.05) is 26.0 Å². The third-order valence-electron chi connectivity index (χ3n) is 3.91. The van der Waals surface area contributed by atoms with Gasteiger partial charge in [0.25, 0.3) is 0 Å². The zero-order chi connectivity index (χ0) is 20.4. The van der Waals surface area contributed by atoms with Crippen molar-refractivity contribution in [2.75, 3.05) is 19.1 Å². The van der Waals surface area contributed by atoms with Gasteiger partial charge < -0.3 is 15.2 Å².